The predicted molar refractivity (Wildman–Crippen MR) is 95.5 cm³/mol. The molecule has 1 aliphatic rings. The molecular weight excluding hydrogens is 346 g/mol. The van der Waals surface area contributed by atoms with Gasteiger partial charge in [-0.15, -0.1) is 12.4 Å². The number of carbonyl (C=O) groups excluding carboxylic acids is 1. The lowest BCUT2D eigenvalue weighted by atomic mass is 10.2. The van der Waals surface area contributed by atoms with Crippen molar-refractivity contribution >= 4 is 24.0 Å². The van der Waals surface area contributed by atoms with Gasteiger partial charge in [0, 0.05) is 31.4 Å². The molecule has 0 bridgehead atoms. The minimum absolute atomic E-state index is 0. The van der Waals surface area contributed by atoms with Crippen LogP contribution in [-0.4, -0.2) is 51.7 Å². The number of para-hydroxylation sites is 2. The maximum absolute atomic E-state index is 12.7. The van der Waals surface area contributed by atoms with Crippen LogP contribution in [0, 0.1) is 10.1 Å². The fourth-order valence-corrected chi connectivity index (χ4v) is 3.08. The third-order valence-corrected chi connectivity index (χ3v) is 4.21. The zero-order chi connectivity index (χ0) is 17.1. The number of nitro benzene ring substituents is 1. The van der Waals surface area contributed by atoms with Gasteiger partial charge in [0.1, 0.15) is 5.69 Å². The number of likely N-dealkylation sites (tertiary alicyclic amines) is 1. The molecule has 25 heavy (non-hydrogen) atoms. The highest BCUT2D eigenvalue weighted by Crippen LogP contribution is 2.23. The van der Waals surface area contributed by atoms with Gasteiger partial charge in [-0.1, -0.05) is 12.1 Å². The van der Waals surface area contributed by atoms with Crippen molar-refractivity contribution in [3.8, 4) is 5.69 Å². The lowest BCUT2D eigenvalue weighted by Crippen LogP contribution is -2.41. The van der Waals surface area contributed by atoms with Gasteiger partial charge in [0.05, 0.1) is 4.92 Å². The van der Waals surface area contributed by atoms with Crippen molar-refractivity contribution in [2.75, 3.05) is 20.1 Å². The van der Waals surface area contributed by atoms with Crippen molar-refractivity contribution in [2.45, 2.75) is 18.9 Å². The Morgan fingerprint density at radius 1 is 1.40 bits per heavy atom. The molecule has 0 radical (unpaired) electrons. The molecule has 3 rings (SSSR count). The van der Waals surface area contributed by atoms with Crippen LogP contribution in [0.3, 0.4) is 0 Å². The van der Waals surface area contributed by atoms with Gasteiger partial charge in [-0.25, -0.2) is 4.68 Å². The third-order valence-electron chi connectivity index (χ3n) is 4.21. The van der Waals surface area contributed by atoms with Gasteiger partial charge in [-0.05, 0) is 32.0 Å². The highest BCUT2D eigenvalue weighted by atomic mass is 35.5. The van der Waals surface area contributed by atoms with Gasteiger partial charge in [-0.3, -0.25) is 14.9 Å². The predicted octanol–water partition coefficient (Wildman–Crippen LogP) is 2.03. The average Bonchev–Trinajstić information content (AvgIpc) is 3.24. The minimum Gasteiger partial charge on any atom is -0.333 e. The summed E-state index contributed by atoms with van der Waals surface area (Å²) in [5.41, 5.74) is 0.597. The van der Waals surface area contributed by atoms with Crippen LogP contribution in [0.4, 0.5) is 5.69 Å². The number of halogens is 1. The summed E-state index contributed by atoms with van der Waals surface area (Å²) in [6.45, 7) is 1.46. The number of carbonyl (C=O) groups is 1. The molecule has 0 aliphatic carbocycles. The second kappa shape index (κ2) is 8.09. The lowest BCUT2D eigenvalue weighted by Gasteiger charge is -2.23. The van der Waals surface area contributed by atoms with Crippen LogP contribution in [0.15, 0.2) is 36.5 Å². The maximum atomic E-state index is 12.7. The number of rotatable bonds is 5. The van der Waals surface area contributed by atoms with Crippen LogP contribution < -0.4 is 5.32 Å². The number of benzene rings is 1. The second-order valence-electron chi connectivity index (χ2n) is 5.74. The Kier molecular flexibility index (Phi) is 6.11. The largest absolute Gasteiger partial charge is 0.333 e. The number of nitro groups is 1. The van der Waals surface area contributed by atoms with E-state index in [4.69, 9.17) is 0 Å². The van der Waals surface area contributed by atoms with Crippen molar-refractivity contribution in [1.29, 1.82) is 0 Å². The summed E-state index contributed by atoms with van der Waals surface area (Å²) in [5, 5.41) is 18.5. The van der Waals surface area contributed by atoms with E-state index in [1.165, 1.54) is 10.7 Å². The van der Waals surface area contributed by atoms with Crippen molar-refractivity contribution in [3.05, 3.63) is 52.3 Å². The molecule has 1 aromatic heterocycles. The first-order valence-corrected chi connectivity index (χ1v) is 7.87. The van der Waals surface area contributed by atoms with E-state index in [1.54, 1.807) is 30.5 Å². The first-order chi connectivity index (χ1) is 11.6. The molecule has 1 atom stereocenters. The van der Waals surface area contributed by atoms with E-state index in [0.717, 1.165) is 19.4 Å². The van der Waals surface area contributed by atoms with Gasteiger partial charge in [0.15, 0.2) is 5.69 Å². The van der Waals surface area contributed by atoms with E-state index in [-0.39, 0.29) is 30.0 Å². The van der Waals surface area contributed by atoms with Crippen LogP contribution in [0.1, 0.15) is 23.3 Å². The summed E-state index contributed by atoms with van der Waals surface area (Å²) < 4.78 is 1.38. The molecule has 0 saturated carbocycles. The van der Waals surface area contributed by atoms with E-state index < -0.39 is 4.92 Å². The Bertz CT molecular complexity index is 764. The summed E-state index contributed by atoms with van der Waals surface area (Å²) in [6, 6.07) is 8.10. The first kappa shape index (κ1) is 18.9. The Morgan fingerprint density at radius 3 is 2.88 bits per heavy atom. The van der Waals surface area contributed by atoms with Crippen LogP contribution in [-0.2, 0) is 0 Å². The quantitative estimate of drug-likeness (QED) is 0.646. The normalized spacial score (nSPS) is 16.5. The molecule has 8 nitrogen and oxygen atoms in total. The standard InChI is InChI=1S/C16H19N5O3.ClH/c1-17-11-12-5-4-9-19(12)16(22)13-8-10-20(18-13)14-6-2-3-7-15(14)21(23)24;/h2-3,6-8,10,12,17H,4-5,9,11H2,1H3;1H. The lowest BCUT2D eigenvalue weighted by molar-refractivity contribution is -0.384. The Balaban J connectivity index is 0.00000225. The molecule has 134 valence electrons. The van der Waals surface area contributed by atoms with Crippen LogP contribution >= 0.6 is 12.4 Å². The van der Waals surface area contributed by atoms with E-state index >= 15 is 0 Å². The van der Waals surface area contributed by atoms with Gasteiger partial charge in [0.2, 0.25) is 0 Å². The fraction of sp³-hybridized carbons (Fsp3) is 0.375. The van der Waals surface area contributed by atoms with E-state index in [0.29, 0.717) is 17.9 Å². The highest BCUT2D eigenvalue weighted by molar-refractivity contribution is 5.92. The summed E-state index contributed by atoms with van der Waals surface area (Å²) in [4.78, 5) is 25.2. The third kappa shape index (κ3) is 3.80. The molecule has 1 fully saturated rings. The number of likely N-dealkylation sites (N-methyl/N-ethyl adjacent to an activating group) is 1. The smallest absolute Gasteiger partial charge is 0.294 e. The summed E-state index contributed by atoms with van der Waals surface area (Å²) in [7, 11) is 1.87. The Labute approximate surface area is 151 Å². The van der Waals surface area contributed by atoms with Crippen LogP contribution in [0.25, 0.3) is 5.69 Å². The van der Waals surface area contributed by atoms with Crippen molar-refractivity contribution in [2.24, 2.45) is 0 Å². The van der Waals surface area contributed by atoms with E-state index in [2.05, 4.69) is 10.4 Å². The number of aromatic nitrogens is 2. The number of amides is 1. The summed E-state index contributed by atoms with van der Waals surface area (Å²) in [6.07, 6.45) is 3.53. The minimum atomic E-state index is -0.456. The SMILES string of the molecule is CNCC1CCCN1C(=O)c1ccn(-c2ccccc2[N+](=O)[O-])n1.Cl. The zero-order valence-electron chi connectivity index (χ0n) is 13.8. The van der Waals surface area contributed by atoms with E-state index in [9.17, 15) is 14.9 Å². The number of nitrogens with one attached hydrogen (secondary N) is 1. The summed E-state index contributed by atoms with van der Waals surface area (Å²) in [5.74, 6) is -0.134. The molecule has 2 aromatic rings. The number of hydrogen-bond donors (Lipinski definition) is 1. The molecule has 0 spiro atoms. The molecule has 1 aromatic carbocycles. The number of hydrogen-bond acceptors (Lipinski definition) is 5. The summed E-state index contributed by atoms with van der Waals surface area (Å²) >= 11 is 0. The van der Waals surface area contributed by atoms with Crippen molar-refractivity contribution < 1.29 is 9.72 Å². The molecule has 9 heteroatoms. The van der Waals surface area contributed by atoms with Crippen molar-refractivity contribution in [3.63, 3.8) is 0 Å². The topological polar surface area (TPSA) is 93.3 Å². The molecule has 2 heterocycles. The van der Waals surface area contributed by atoms with Gasteiger partial charge in [0.25, 0.3) is 11.6 Å². The van der Waals surface area contributed by atoms with Gasteiger partial charge >= 0.3 is 0 Å². The second-order valence-corrected chi connectivity index (χ2v) is 5.74. The fourth-order valence-electron chi connectivity index (χ4n) is 3.08. The number of nitrogens with zero attached hydrogens (tertiary/aromatic N) is 4. The highest BCUT2D eigenvalue weighted by Gasteiger charge is 2.30. The Hall–Kier alpha value is -2.45. The molecule has 1 N–H and O–H groups in total. The van der Waals surface area contributed by atoms with Crippen molar-refractivity contribution in [1.82, 2.24) is 20.0 Å². The first-order valence-electron chi connectivity index (χ1n) is 7.87. The van der Waals surface area contributed by atoms with Gasteiger partial charge in [-0.2, -0.15) is 5.10 Å². The molecular formula is C16H20ClN5O3. The molecule has 1 aliphatic heterocycles. The van der Waals surface area contributed by atoms with Crippen LogP contribution in [0.2, 0.25) is 0 Å². The maximum Gasteiger partial charge on any atom is 0.294 e. The van der Waals surface area contributed by atoms with E-state index in [1.807, 2.05) is 11.9 Å². The average molecular weight is 366 g/mol. The monoisotopic (exact) mass is 365 g/mol. The Morgan fingerprint density at radius 2 is 2.16 bits per heavy atom. The molecule has 1 saturated heterocycles. The van der Waals surface area contributed by atoms with Gasteiger partial charge < -0.3 is 10.2 Å². The molecule has 1 amide bonds. The van der Waals surface area contributed by atoms with Crippen LogP contribution in [0.5, 0.6) is 0 Å². The zero-order valence-corrected chi connectivity index (χ0v) is 14.6. The molecule has 1 unspecified atom stereocenters.